The third kappa shape index (κ3) is 4.48. The molecule has 0 radical (unpaired) electrons. The number of hydrogen-bond acceptors (Lipinski definition) is 6. The van der Waals surface area contributed by atoms with Crippen LogP contribution in [0.3, 0.4) is 0 Å². The maximum atomic E-state index is 12.6. The van der Waals surface area contributed by atoms with Crippen molar-refractivity contribution in [3.05, 3.63) is 65.9 Å². The highest BCUT2D eigenvalue weighted by Crippen LogP contribution is 2.16. The molecule has 0 bridgehead atoms. The number of nitrogens with one attached hydrogen (secondary N) is 1. The molecule has 0 atom stereocenters. The van der Waals surface area contributed by atoms with Crippen molar-refractivity contribution in [3.8, 4) is 11.6 Å². The number of methoxy groups -OCH3 is 2. The van der Waals surface area contributed by atoms with Crippen LogP contribution in [0, 0.1) is 0 Å². The highest BCUT2D eigenvalue weighted by atomic mass is 16.5. The smallest absolute Gasteiger partial charge is 0.289 e. The summed E-state index contributed by atoms with van der Waals surface area (Å²) in [5.41, 5.74) is 1.81. The van der Waals surface area contributed by atoms with E-state index in [0.717, 1.165) is 12.0 Å². The highest BCUT2D eigenvalue weighted by molar-refractivity contribution is 5.91. The van der Waals surface area contributed by atoms with E-state index in [-0.39, 0.29) is 18.3 Å². The van der Waals surface area contributed by atoms with E-state index >= 15 is 0 Å². The average molecular weight is 367 g/mol. The van der Waals surface area contributed by atoms with Gasteiger partial charge in [-0.3, -0.25) is 9.36 Å². The Morgan fingerprint density at radius 1 is 1.11 bits per heavy atom. The van der Waals surface area contributed by atoms with Gasteiger partial charge in [-0.15, -0.1) is 10.2 Å². The van der Waals surface area contributed by atoms with Gasteiger partial charge in [0, 0.05) is 19.7 Å². The van der Waals surface area contributed by atoms with Gasteiger partial charge in [0.15, 0.2) is 5.82 Å². The van der Waals surface area contributed by atoms with E-state index in [2.05, 4.69) is 20.5 Å². The number of amides is 1. The molecule has 3 aromatic rings. The summed E-state index contributed by atoms with van der Waals surface area (Å²) in [5, 5.41) is 11.0. The molecule has 0 saturated carbocycles. The minimum Gasteiger partial charge on any atom is -0.481 e. The average Bonchev–Trinajstić information content (AvgIpc) is 3.13. The standard InChI is InChI=1S/C19H21N5O3/c1-26-13-16-22-23-18(24(16)15-8-9-17(27-2)21-12-15)19(25)20-11-10-14-6-4-3-5-7-14/h3-9,12H,10-11,13H2,1-2H3,(H,20,25). The zero-order valence-corrected chi connectivity index (χ0v) is 15.3. The topological polar surface area (TPSA) is 91.2 Å². The Morgan fingerprint density at radius 3 is 2.59 bits per heavy atom. The summed E-state index contributed by atoms with van der Waals surface area (Å²) in [6, 6.07) is 13.5. The van der Waals surface area contributed by atoms with Crippen LogP contribution in [-0.4, -0.2) is 46.4 Å². The largest absolute Gasteiger partial charge is 0.481 e. The van der Waals surface area contributed by atoms with Crippen LogP contribution in [-0.2, 0) is 17.8 Å². The predicted molar refractivity (Wildman–Crippen MR) is 98.9 cm³/mol. The molecular formula is C19H21N5O3. The second-order valence-corrected chi connectivity index (χ2v) is 5.76. The molecule has 1 aromatic carbocycles. The summed E-state index contributed by atoms with van der Waals surface area (Å²) in [6.45, 7) is 0.715. The van der Waals surface area contributed by atoms with Crippen molar-refractivity contribution in [1.29, 1.82) is 0 Å². The van der Waals surface area contributed by atoms with Crippen LogP contribution in [0.5, 0.6) is 5.88 Å². The fourth-order valence-electron chi connectivity index (χ4n) is 2.63. The highest BCUT2D eigenvalue weighted by Gasteiger charge is 2.20. The van der Waals surface area contributed by atoms with E-state index < -0.39 is 0 Å². The first-order valence-corrected chi connectivity index (χ1v) is 8.48. The van der Waals surface area contributed by atoms with Gasteiger partial charge < -0.3 is 14.8 Å². The molecule has 0 saturated heterocycles. The first kappa shape index (κ1) is 18.5. The van der Waals surface area contributed by atoms with Crippen molar-refractivity contribution in [1.82, 2.24) is 25.1 Å². The van der Waals surface area contributed by atoms with Gasteiger partial charge in [-0.2, -0.15) is 0 Å². The van der Waals surface area contributed by atoms with E-state index in [9.17, 15) is 4.79 Å². The number of benzene rings is 1. The van der Waals surface area contributed by atoms with Gasteiger partial charge in [0.25, 0.3) is 5.91 Å². The minimum absolute atomic E-state index is 0.182. The molecule has 8 heteroatoms. The van der Waals surface area contributed by atoms with Crippen molar-refractivity contribution < 1.29 is 14.3 Å². The summed E-state index contributed by atoms with van der Waals surface area (Å²) >= 11 is 0. The maximum absolute atomic E-state index is 12.6. The lowest BCUT2D eigenvalue weighted by Crippen LogP contribution is -2.28. The molecule has 0 fully saturated rings. The summed E-state index contributed by atoms with van der Waals surface area (Å²) in [5.74, 6) is 0.866. The van der Waals surface area contributed by atoms with Crippen LogP contribution in [0.25, 0.3) is 5.69 Å². The van der Waals surface area contributed by atoms with Crippen LogP contribution < -0.4 is 10.1 Å². The normalized spacial score (nSPS) is 10.6. The van der Waals surface area contributed by atoms with Gasteiger partial charge in [0.1, 0.15) is 6.61 Å². The van der Waals surface area contributed by atoms with E-state index in [1.807, 2.05) is 30.3 Å². The van der Waals surface area contributed by atoms with Crippen molar-refractivity contribution in [2.75, 3.05) is 20.8 Å². The molecule has 140 valence electrons. The quantitative estimate of drug-likeness (QED) is 0.653. The van der Waals surface area contributed by atoms with Crippen molar-refractivity contribution >= 4 is 5.91 Å². The Morgan fingerprint density at radius 2 is 1.93 bits per heavy atom. The molecule has 0 spiro atoms. The summed E-state index contributed by atoms with van der Waals surface area (Å²) in [4.78, 5) is 16.8. The zero-order valence-electron chi connectivity index (χ0n) is 15.3. The molecule has 1 N–H and O–H groups in total. The first-order chi connectivity index (χ1) is 13.2. The maximum Gasteiger partial charge on any atom is 0.289 e. The fourth-order valence-corrected chi connectivity index (χ4v) is 2.63. The molecule has 0 aliphatic rings. The lowest BCUT2D eigenvalue weighted by atomic mass is 10.1. The molecule has 2 heterocycles. The molecule has 2 aromatic heterocycles. The van der Waals surface area contributed by atoms with Gasteiger partial charge in [-0.1, -0.05) is 30.3 Å². The van der Waals surface area contributed by atoms with Gasteiger partial charge in [0.2, 0.25) is 11.7 Å². The number of carbonyl (C=O) groups excluding carboxylic acids is 1. The number of ether oxygens (including phenoxy) is 2. The third-order valence-electron chi connectivity index (χ3n) is 3.94. The van der Waals surface area contributed by atoms with Gasteiger partial charge in [0.05, 0.1) is 19.0 Å². The zero-order chi connectivity index (χ0) is 19.1. The van der Waals surface area contributed by atoms with Crippen molar-refractivity contribution in [2.45, 2.75) is 13.0 Å². The number of nitrogens with zero attached hydrogens (tertiary/aromatic N) is 4. The van der Waals surface area contributed by atoms with Crippen LogP contribution >= 0.6 is 0 Å². The number of rotatable bonds is 8. The molecular weight excluding hydrogens is 346 g/mol. The number of pyridine rings is 1. The summed E-state index contributed by atoms with van der Waals surface area (Å²) < 4.78 is 11.9. The molecule has 0 aliphatic carbocycles. The summed E-state index contributed by atoms with van der Waals surface area (Å²) in [7, 11) is 3.10. The van der Waals surface area contributed by atoms with Gasteiger partial charge in [-0.05, 0) is 18.1 Å². The second kappa shape index (κ2) is 8.91. The first-order valence-electron chi connectivity index (χ1n) is 8.48. The molecule has 0 unspecified atom stereocenters. The Bertz CT molecular complexity index is 878. The molecule has 27 heavy (non-hydrogen) atoms. The van der Waals surface area contributed by atoms with E-state index in [1.165, 1.54) is 0 Å². The molecule has 1 amide bonds. The van der Waals surface area contributed by atoms with Crippen molar-refractivity contribution in [2.24, 2.45) is 0 Å². The predicted octanol–water partition coefficient (Wildman–Crippen LogP) is 1.79. The number of aromatic nitrogens is 4. The number of carbonyl (C=O) groups is 1. The van der Waals surface area contributed by atoms with E-state index in [4.69, 9.17) is 9.47 Å². The monoisotopic (exact) mass is 367 g/mol. The van der Waals surface area contributed by atoms with Crippen LogP contribution in [0.4, 0.5) is 0 Å². The van der Waals surface area contributed by atoms with Gasteiger partial charge >= 0.3 is 0 Å². The van der Waals surface area contributed by atoms with Crippen LogP contribution in [0.15, 0.2) is 48.7 Å². The lowest BCUT2D eigenvalue weighted by molar-refractivity contribution is 0.0941. The molecule has 3 rings (SSSR count). The third-order valence-corrected chi connectivity index (χ3v) is 3.94. The summed E-state index contributed by atoms with van der Waals surface area (Å²) in [6.07, 6.45) is 2.33. The lowest BCUT2D eigenvalue weighted by Gasteiger charge is -2.10. The SMILES string of the molecule is COCc1nnc(C(=O)NCCc2ccccc2)n1-c1ccc(OC)nc1. The molecule has 8 nitrogen and oxygen atoms in total. The molecule has 0 aliphatic heterocycles. The van der Waals surface area contributed by atoms with E-state index in [0.29, 0.717) is 23.9 Å². The Kier molecular flexibility index (Phi) is 6.11. The fraction of sp³-hybridized carbons (Fsp3) is 0.263. The minimum atomic E-state index is -0.309. The number of hydrogen-bond donors (Lipinski definition) is 1. The van der Waals surface area contributed by atoms with Gasteiger partial charge in [-0.25, -0.2) is 4.98 Å². The van der Waals surface area contributed by atoms with E-state index in [1.54, 1.807) is 37.1 Å². The Balaban J connectivity index is 1.78. The van der Waals surface area contributed by atoms with Crippen LogP contribution in [0.2, 0.25) is 0 Å². The Labute approximate surface area is 157 Å². The Hall–Kier alpha value is -3.26. The second-order valence-electron chi connectivity index (χ2n) is 5.76. The van der Waals surface area contributed by atoms with Crippen molar-refractivity contribution in [3.63, 3.8) is 0 Å². The van der Waals surface area contributed by atoms with Crippen LogP contribution in [0.1, 0.15) is 22.0 Å².